The van der Waals surface area contributed by atoms with Gasteiger partial charge in [0.1, 0.15) is 5.15 Å². The minimum absolute atomic E-state index is 0.155. The number of hydrogen-bond acceptors (Lipinski definition) is 2. The number of rotatable bonds is 2. The number of aryl methyl sites for hydroxylation is 2. The van der Waals surface area contributed by atoms with E-state index in [9.17, 15) is 4.79 Å². The lowest BCUT2D eigenvalue weighted by molar-refractivity contribution is 0.102. The second kappa shape index (κ2) is 5.72. The molecule has 1 amide bonds. The molecule has 0 aliphatic carbocycles. The summed E-state index contributed by atoms with van der Waals surface area (Å²) in [7, 11) is 0. The molecule has 3 nitrogen and oxygen atoms in total. The standard InChI is InChI=1S/C14H12BrClN2O/c1-8-7-10(15)3-4-11(8)14(19)18-12-5-6-13(16)17-9(12)2/h3-7H,1-2H3,(H,18,19). The first-order chi connectivity index (χ1) is 8.97. The highest BCUT2D eigenvalue weighted by molar-refractivity contribution is 9.10. The fraction of sp³-hybridized carbons (Fsp3) is 0.143. The maximum absolute atomic E-state index is 12.2. The minimum Gasteiger partial charge on any atom is -0.320 e. The number of nitrogens with one attached hydrogen (secondary N) is 1. The molecule has 0 bridgehead atoms. The van der Waals surface area contributed by atoms with Gasteiger partial charge in [-0.2, -0.15) is 0 Å². The Morgan fingerprint density at radius 2 is 2.00 bits per heavy atom. The van der Waals surface area contributed by atoms with E-state index >= 15 is 0 Å². The Labute approximate surface area is 125 Å². The maximum atomic E-state index is 12.2. The van der Waals surface area contributed by atoms with Gasteiger partial charge in [0.15, 0.2) is 0 Å². The number of pyridine rings is 1. The Kier molecular flexibility index (Phi) is 4.22. The van der Waals surface area contributed by atoms with Gasteiger partial charge in [0.2, 0.25) is 0 Å². The molecule has 98 valence electrons. The molecule has 1 aromatic heterocycles. The first-order valence-corrected chi connectivity index (χ1v) is 6.85. The lowest BCUT2D eigenvalue weighted by atomic mass is 10.1. The molecule has 1 heterocycles. The van der Waals surface area contributed by atoms with Crippen LogP contribution in [0, 0.1) is 13.8 Å². The number of benzene rings is 1. The first kappa shape index (κ1) is 14.0. The highest BCUT2D eigenvalue weighted by atomic mass is 79.9. The van der Waals surface area contributed by atoms with Crippen LogP contribution in [0.2, 0.25) is 5.15 Å². The summed E-state index contributed by atoms with van der Waals surface area (Å²) in [4.78, 5) is 16.3. The summed E-state index contributed by atoms with van der Waals surface area (Å²) in [5.74, 6) is -0.155. The molecule has 2 rings (SSSR count). The van der Waals surface area contributed by atoms with Crippen LogP contribution in [0.5, 0.6) is 0 Å². The number of amides is 1. The predicted octanol–water partition coefficient (Wildman–Crippen LogP) is 4.37. The van der Waals surface area contributed by atoms with Crippen molar-refractivity contribution in [3.63, 3.8) is 0 Å². The number of halogens is 2. The molecule has 1 N–H and O–H groups in total. The molecule has 0 radical (unpaired) electrons. The van der Waals surface area contributed by atoms with Crippen molar-refractivity contribution in [1.29, 1.82) is 0 Å². The van der Waals surface area contributed by atoms with E-state index in [0.29, 0.717) is 22.1 Å². The van der Waals surface area contributed by atoms with Gasteiger partial charge in [0, 0.05) is 10.0 Å². The van der Waals surface area contributed by atoms with Gasteiger partial charge in [-0.05, 0) is 49.7 Å². The summed E-state index contributed by atoms with van der Waals surface area (Å²) >= 11 is 9.16. The third kappa shape index (κ3) is 3.33. The Hall–Kier alpha value is -1.39. The minimum atomic E-state index is -0.155. The van der Waals surface area contributed by atoms with E-state index in [1.165, 1.54) is 0 Å². The Balaban J connectivity index is 2.25. The van der Waals surface area contributed by atoms with Crippen molar-refractivity contribution < 1.29 is 4.79 Å². The Morgan fingerprint density at radius 3 is 2.63 bits per heavy atom. The summed E-state index contributed by atoms with van der Waals surface area (Å²) in [5.41, 5.74) is 2.90. The van der Waals surface area contributed by atoms with Crippen molar-refractivity contribution in [3.05, 3.63) is 56.8 Å². The summed E-state index contributed by atoms with van der Waals surface area (Å²) < 4.78 is 0.950. The quantitative estimate of drug-likeness (QED) is 0.826. The van der Waals surface area contributed by atoms with Gasteiger partial charge in [-0.15, -0.1) is 0 Å². The third-order valence-corrected chi connectivity index (χ3v) is 3.44. The zero-order valence-electron chi connectivity index (χ0n) is 10.5. The van der Waals surface area contributed by atoms with E-state index in [0.717, 1.165) is 10.0 Å². The van der Waals surface area contributed by atoms with Crippen LogP contribution in [-0.2, 0) is 0 Å². The largest absolute Gasteiger partial charge is 0.320 e. The summed E-state index contributed by atoms with van der Waals surface area (Å²) in [6.07, 6.45) is 0. The topological polar surface area (TPSA) is 42.0 Å². The molecule has 0 saturated carbocycles. The third-order valence-electron chi connectivity index (χ3n) is 2.73. The van der Waals surface area contributed by atoms with Crippen LogP contribution in [-0.4, -0.2) is 10.9 Å². The van der Waals surface area contributed by atoms with Gasteiger partial charge >= 0.3 is 0 Å². The van der Waals surface area contributed by atoms with Gasteiger partial charge in [-0.1, -0.05) is 27.5 Å². The van der Waals surface area contributed by atoms with Gasteiger partial charge in [-0.3, -0.25) is 4.79 Å². The average Bonchev–Trinajstić information content (AvgIpc) is 2.32. The van der Waals surface area contributed by atoms with Crippen LogP contribution in [0.4, 0.5) is 5.69 Å². The second-order valence-corrected chi connectivity index (χ2v) is 5.48. The zero-order valence-corrected chi connectivity index (χ0v) is 12.8. The van der Waals surface area contributed by atoms with Crippen LogP contribution in [0.15, 0.2) is 34.8 Å². The molecule has 5 heteroatoms. The van der Waals surface area contributed by atoms with Crippen LogP contribution in [0.25, 0.3) is 0 Å². The van der Waals surface area contributed by atoms with Gasteiger partial charge < -0.3 is 5.32 Å². The van der Waals surface area contributed by atoms with Crippen molar-refractivity contribution in [3.8, 4) is 0 Å². The maximum Gasteiger partial charge on any atom is 0.255 e. The van der Waals surface area contributed by atoms with Crippen molar-refractivity contribution in [2.24, 2.45) is 0 Å². The van der Waals surface area contributed by atoms with Crippen LogP contribution < -0.4 is 5.32 Å². The molecular weight excluding hydrogens is 328 g/mol. The van der Waals surface area contributed by atoms with Gasteiger partial charge in [0.05, 0.1) is 11.4 Å². The summed E-state index contributed by atoms with van der Waals surface area (Å²) in [6, 6.07) is 8.93. The van der Waals surface area contributed by atoms with Crippen molar-refractivity contribution in [1.82, 2.24) is 4.98 Å². The molecule has 0 aliphatic rings. The molecule has 2 aromatic rings. The fourth-order valence-corrected chi connectivity index (χ4v) is 2.40. The summed E-state index contributed by atoms with van der Waals surface area (Å²) in [5, 5.41) is 3.25. The van der Waals surface area contributed by atoms with Gasteiger partial charge in [-0.25, -0.2) is 4.98 Å². The lowest BCUT2D eigenvalue weighted by Crippen LogP contribution is -2.14. The molecule has 0 atom stereocenters. The first-order valence-electron chi connectivity index (χ1n) is 5.68. The molecule has 1 aromatic carbocycles. The number of anilines is 1. The molecule has 0 unspecified atom stereocenters. The van der Waals surface area contributed by atoms with Crippen LogP contribution in [0.1, 0.15) is 21.6 Å². The smallest absolute Gasteiger partial charge is 0.255 e. The highest BCUT2D eigenvalue weighted by Crippen LogP contribution is 2.19. The molecule has 0 spiro atoms. The molecule has 0 fully saturated rings. The Morgan fingerprint density at radius 1 is 1.26 bits per heavy atom. The molecule has 0 aliphatic heterocycles. The predicted molar refractivity (Wildman–Crippen MR) is 80.8 cm³/mol. The monoisotopic (exact) mass is 338 g/mol. The normalized spacial score (nSPS) is 10.3. The lowest BCUT2D eigenvalue weighted by Gasteiger charge is -2.10. The van der Waals surface area contributed by atoms with E-state index in [1.54, 1.807) is 25.1 Å². The number of carbonyl (C=O) groups is 1. The number of hydrogen-bond donors (Lipinski definition) is 1. The molecular formula is C14H12BrClN2O. The van der Waals surface area contributed by atoms with Crippen molar-refractivity contribution in [2.45, 2.75) is 13.8 Å². The van der Waals surface area contributed by atoms with E-state index in [2.05, 4.69) is 26.2 Å². The second-order valence-electron chi connectivity index (χ2n) is 4.18. The van der Waals surface area contributed by atoms with Crippen LogP contribution >= 0.6 is 27.5 Å². The van der Waals surface area contributed by atoms with Gasteiger partial charge in [0.25, 0.3) is 5.91 Å². The number of aromatic nitrogens is 1. The fourth-order valence-electron chi connectivity index (χ4n) is 1.73. The average molecular weight is 340 g/mol. The number of nitrogens with zero attached hydrogens (tertiary/aromatic N) is 1. The molecule has 19 heavy (non-hydrogen) atoms. The SMILES string of the molecule is Cc1cc(Br)ccc1C(=O)Nc1ccc(Cl)nc1C. The van der Waals surface area contributed by atoms with E-state index in [1.807, 2.05) is 19.1 Å². The highest BCUT2D eigenvalue weighted by Gasteiger charge is 2.11. The van der Waals surface area contributed by atoms with Crippen molar-refractivity contribution in [2.75, 3.05) is 5.32 Å². The Bertz CT molecular complexity index is 643. The van der Waals surface area contributed by atoms with Crippen LogP contribution in [0.3, 0.4) is 0 Å². The number of carbonyl (C=O) groups excluding carboxylic acids is 1. The van der Waals surface area contributed by atoms with E-state index in [-0.39, 0.29) is 5.91 Å². The van der Waals surface area contributed by atoms with Crippen molar-refractivity contribution >= 4 is 39.1 Å². The molecule has 0 saturated heterocycles. The summed E-state index contributed by atoms with van der Waals surface area (Å²) in [6.45, 7) is 3.70. The zero-order chi connectivity index (χ0) is 14.0. The van der Waals surface area contributed by atoms with E-state index in [4.69, 9.17) is 11.6 Å². The van der Waals surface area contributed by atoms with E-state index < -0.39 is 0 Å².